The Hall–Kier alpha value is -6.31. The van der Waals surface area contributed by atoms with Gasteiger partial charge in [0.1, 0.15) is 17.1 Å². The molecule has 1 N–H and O–H groups in total. The largest absolute Gasteiger partial charge is 0.497 e. The molecule has 0 unspecified atom stereocenters. The highest BCUT2D eigenvalue weighted by atomic mass is 16.6. The topological polar surface area (TPSA) is 176 Å². The van der Waals surface area contributed by atoms with Gasteiger partial charge in [-0.3, -0.25) is 35.1 Å². The molecule has 1 saturated heterocycles. The Morgan fingerprint density at radius 2 is 1.45 bits per heavy atom. The smallest absolute Gasteiger partial charge is 0.335 e. The quantitative estimate of drug-likeness (QED) is 0.121. The number of hydrogen-bond acceptors (Lipinski definition) is 9. The number of nitrogens with zero attached hydrogens (tertiary/aromatic N) is 4. The van der Waals surface area contributed by atoms with E-state index in [-0.39, 0.29) is 22.8 Å². The van der Waals surface area contributed by atoms with Gasteiger partial charge in [0, 0.05) is 23.1 Å². The molecule has 1 aromatic heterocycles. The molecule has 222 valence electrons. The van der Waals surface area contributed by atoms with E-state index in [1.54, 1.807) is 49.4 Å². The maximum atomic E-state index is 13.3. The number of nitro benzene ring substituents is 2. The zero-order valence-electron chi connectivity index (χ0n) is 23.5. The molecule has 0 atom stereocenters. The number of hydrogen-bond donors (Lipinski definition) is 1. The van der Waals surface area contributed by atoms with Gasteiger partial charge < -0.3 is 14.0 Å². The molecule has 0 saturated carbocycles. The first-order chi connectivity index (χ1) is 21.0. The number of nitrogens with one attached hydrogen (secondary N) is 1. The monoisotopic (exact) mass is 597 g/mol. The maximum absolute atomic E-state index is 13.3. The molecule has 1 fully saturated rings. The molecule has 44 heavy (non-hydrogen) atoms. The van der Waals surface area contributed by atoms with Gasteiger partial charge in [-0.15, -0.1) is 0 Å². The third-order valence-corrected chi connectivity index (χ3v) is 6.88. The lowest BCUT2D eigenvalue weighted by atomic mass is 10.1. The molecule has 3 aromatic carbocycles. The summed E-state index contributed by atoms with van der Waals surface area (Å²) in [7, 11) is 1.49. The van der Waals surface area contributed by atoms with Gasteiger partial charge in [0.15, 0.2) is 0 Å². The standard InChI is InChI=1S/C30H23N5O9/c1-17-14-19(15-25-28(36)31-30(38)33(29(25)37)21-4-9-23(43-3)10-5-21)18(2)32(17)20-6-11-24(12-7-20)44-27-13-8-22(34(39)40)16-26(27)35(41)42/h4-16H,1-3H3,(H,31,36,38)/b25-15+. The van der Waals surface area contributed by atoms with Crippen LogP contribution in [-0.4, -0.2) is 39.4 Å². The van der Waals surface area contributed by atoms with Crippen molar-refractivity contribution < 1.29 is 33.7 Å². The highest BCUT2D eigenvalue weighted by Gasteiger charge is 2.37. The molecule has 4 aromatic rings. The Balaban J connectivity index is 1.42. The number of benzene rings is 3. The van der Waals surface area contributed by atoms with E-state index in [2.05, 4.69) is 5.32 Å². The third-order valence-electron chi connectivity index (χ3n) is 6.88. The Labute approximate surface area is 249 Å². The van der Waals surface area contributed by atoms with Gasteiger partial charge in [0.25, 0.3) is 17.5 Å². The van der Waals surface area contributed by atoms with Gasteiger partial charge in [-0.25, -0.2) is 9.69 Å². The fourth-order valence-corrected chi connectivity index (χ4v) is 4.75. The summed E-state index contributed by atoms with van der Waals surface area (Å²) >= 11 is 0. The number of carbonyl (C=O) groups excluding carboxylic acids is 3. The number of anilines is 1. The average Bonchev–Trinajstić information content (AvgIpc) is 3.27. The van der Waals surface area contributed by atoms with E-state index in [0.717, 1.165) is 28.8 Å². The van der Waals surface area contributed by atoms with E-state index in [9.17, 15) is 34.6 Å². The second kappa shape index (κ2) is 11.5. The number of non-ortho nitro benzene ring substituents is 1. The van der Waals surface area contributed by atoms with Crippen LogP contribution in [0.25, 0.3) is 11.8 Å². The predicted molar refractivity (Wildman–Crippen MR) is 157 cm³/mol. The minimum atomic E-state index is -0.867. The van der Waals surface area contributed by atoms with Crippen LogP contribution in [-0.2, 0) is 9.59 Å². The number of aromatic nitrogens is 1. The molecule has 2 heterocycles. The summed E-state index contributed by atoms with van der Waals surface area (Å²) in [6.07, 6.45) is 1.42. The van der Waals surface area contributed by atoms with Crippen LogP contribution in [0.1, 0.15) is 17.0 Å². The fourth-order valence-electron chi connectivity index (χ4n) is 4.75. The molecular weight excluding hydrogens is 574 g/mol. The lowest BCUT2D eigenvalue weighted by molar-refractivity contribution is -0.394. The van der Waals surface area contributed by atoms with E-state index in [4.69, 9.17) is 9.47 Å². The van der Waals surface area contributed by atoms with Gasteiger partial charge in [0.2, 0.25) is 5.75 Å². The number of urea groups is 1. The SMILES string of the molecule is COc1ccc(N2C(=O)NC(=O)/C(=C\c3cc(C)n(-c4ccc(Oc5ccc([N+](=O)[O-])cc5[N+](=O)[O-])cc4)c3C)C2=O)cc1. The van der Waals surface area contributed by atoms with Crippen molar-refractivity contribution >= 4 is 41.0 Å². The number of imide groups is 2. The maximum Gasteiger partial charge on any atom is 0.335 e. The second-order valence-electron chi connectivity index (χ2n) is 9.58. The number of nitro groups is 2. The minimum Gasteiger partial charge on any atom is -0.497 e. The van der Waals surface area contributed by atoms with Crippen molar-refractivity contribution in [1.29, 1.82) is 0 Å². The molecule has 0 radical (unpaired) electrons. The van der Waals surface area contributed by atoms with E-state index < -0.39 is 39.1 Å². The summed E-state index contributed by atoms with van der Waals surface area (Å²) in [5.74, 6) is -0.978. The van der Waals surface area contributed by atoms with Gasteiger partial charge in [-0.05, 0) is 86.2 Å². The number of aryl methyl sites for hydroxylation is 1. The van der Waals surface area contributed by atoms with E-state index in [1.807, 2.05) is 11.5 Å². The van der Waals surface area contributed by atoms with Gasteiger partial charge in [0.05, 0.1) is 28.7 Å². The van der Waals surface area contributed by atoms with Crippen LogP contribution in [0.2, 0.25) is 0 Å². The highest BCUT2D eigenvalue weighted by Crippen LogP contribution is 2.35. The Morgan fingerprint density at radius 1 is 0.818 bits per heavy atom. The van der Waals surface area contributed by atoms with Crippen LogP contribution < -0.4 is 19.7 Å². The molecule has 4 amide bonds. The zero-order valence-corrected chi connectivity index (χ0v) is 23.5. The molecular formula is C30H23N5O9. The van der Waals surface area contributed by atoms with Crippen LogP contribution in [0.5, 0.6) is 17.2 Å². The van der Waals surface area contributed by atoms with Gasteiger partial charge in [-0.2, -0.15) is 0 Å². The number of amides is 4. The summed E-state index contributed by atoms with van der Waals surface area (Å²) in [6.45, 7) is 3.62. The average molecular weight is 598 g/mol. The second-order valence-corrected chi connectivity index (χ2v) is 9.58. The first kappa shape index (κ1) is 29.2. The summed E-state index contributed by atoms with van der Waals surface area (Å²) in [6, 6.07) is 16.8. The third kappa shape index (κ3) is 5.46. The molecule has 0 bridgehead atoms. The first-order valence-electron chi connectivity index (χ1n) is 12.9. The predicted octanol–water partition coefficient (Wildman–Crippen LogP) is 5.38. The van der Waals surface area contributed by atoms with Crippen molar-refractivity contribution in [3.05, 3.63) is 116 Å². The zero-order chi connectivity index (χ0) is 31.7. The molecule has 1 aliphatic rings. The first-order valence-corrected chi connectivity index (χ1v) is 12.9. The number of carbonyl (C=O) groups is 3. The van der Waals surface area contributed by atoms with Gasteiger partial charge >= 0.3 is 11.7 Å². The van der Waals surface area contributed by atoms with Crippen molar-refractivity contribution in [2.45, 2.75) is 13.8 Å². The van der Waals surface area contributed by atoms with Crippen molar-refractivity contribution in [2.75, 3.05) is 12.0 Å². The van der Waals surface area contributed by atoms with Crippen LogP contribution in [0.15, 0.2) is 78.4 Å². The Morgan fingerprint density at radius 3 is 2.07 bits per heavy atom. The van der Waals surface area contributed by atoms with Crippen LogP contribution >= 0.6 is 0 Å². The van der Waals surface area contributed by atoms with Gasteiger partial charge in [-0.1, -0.05) is 0 Å². The lowest BCUT2D eigenvalue weighted by Crippen LogP contribution is -2.54. The van der Waals surface area contributed by atoms with Crippen LogP contribution in [0.3, 0.4) is 0 Å². The van der Waals surface area contributed by atoms with Crippen LogP contribution in [0, 0.1) is 34.1 Å². The molecule has 0 spiro atoms. The summed E-state index contributed by atoms with van der Waals surface area (Å²) in [4.78, 5) is 60.4. The number of methoxy groups -OCH3 is 1. The normalized spacial score (nSPS) is 14.0. The Kier molecular flexibility index (Phi) is 7.64. The molecule has 14 heteroatoms. The van der Waals surface area contributed by atoms with Crippen molar-refractivity contribution in [3.8, 4) is 22.9 Å². The molecule has 1 aliphatic heterocycles. The molecule has 0 aliphatic carbocycles. The highest BCUT2D eigenvalue weighted by molar-refractivity contribution is 6.39. The molecule has 14 nitrogen and oxygen atoms in total. The Bertz CT molecular complexity index is 1880. The van der Waals surface area contributed by atoms with Crippen molar-refractivity contribution in [2.24, 2.45) is 0 Å². The summed E-state index contributed by atoms with van der Waals surface area (Å²) in [5.41, 5.74) is 1.75. The van der Waals surface area contributed by atoms with Crippen molar-refractivity contribution in [3.63, 3.8) is 0 Å². The summed E-state index contributed by atoms with van der Waals surface area (Å²) < 4.78 is 12.6. The van der Waals surface area contributed by atoms with Crippen molar-refractivity contribution in [1.82, 2.24) is 9.88 Å². The van der Waals surface area contributed by atoms with E-state index >= 15 is 0 Å². The van der Waals surface area contributed by atoms with Crippen LogP contribution in [0.4, 0.5) is 21.9 Å². The lowest BCUT2D eigenvalue weighted by Gasteiger charge is -2.26. The fraction of sp³-hybridized carbons (Fsp3) is 0.100. The number of rotatable bonds is 8. The number of ether oxygens (including phenoxy) is 2. The minimum absolute atomic E-state index is 0.159. The summed E-state index contributed by atoms with van der Waals surface area (Å²) in [5, 5.41) is 24.7. The number of barbiturate groups is 1. The van der Waals surface area contributed by atoms with E-state index in [1.165, 1.54) is 25.3 Å². The van der Waals surface area contributed by atoms with E-state index in [0.29, 0.717) is 22.7 Å². The molecule has 5 rings (SSSR count).